The monoisotopic (exact) mass is 417 g/mol. The molecule has 2 heterocycles. The molecular weight excluding hydrogens is 386 g/mol. The van der Waals surface area contributed by atoms with Gasteiger partial charge in [0, 0.05) is 35.3 Å². The zero-order valence-corrected chi connectivity index (χ0v) is 19.2. The van der Waals surface area contributed by atoms with Crippen molar-refractivity contribution in [3.05, 3.63) is 71.3 Å². The molecule has 1 atom stereocenters. The lowest BCUT2D eigenvalue weighted by atomic mass is 9.80. The van der Waals surface area contributed by atoms with E-state index >= 15 is 0 Å². The summed E-state index contributed by atoms with van der Waals surface area (Å²) < 4.78 is 5.73. The summed E-state index contributed by atoms with van der Waals surface area (Å²) in [7, 11) is 0. The van der Waals surface area contributed by atoms with Gasteiger partial charge in [0.1, 0.15) is 23.7 Å². The average molecular weight is 418 g/mol. The Morgan fingerprint density at radius 3 is 2.29 bits per heavy atom. The third-order valence-electron chi connectivity index (χ3n) is 4.80. The molecule has 31 heavy (non-hydrogen) atoms. The van der Waals surface area contributed by atoms with Crippen LogP contribution in [-0.4, -0.2) is 21.7 Å². The van der Waals surface area contributed by atoms with Gasteiger partial charge in [0.25, 0.3) is 0 Å². The third kappa shape index (κ3) is 5.37. The summed E-state index contributed by atoms with van der Waals surface area (Å²) in [5.41, 5.74) is 11.2. The first-order valence-corrected chi connectivity index (χ1v) is 10.7. The van der Waals surface area contributed by atoms with Crippen LogP contribution in [0.1, 0.15) is 59.4 Å². The van der Waals surface area contributed by atoms with E-state index in [2.05, 4.69) is 23.0 Å². The van der Waals surface area contributed by atoms with Gasteiger partial charge in [-0.1, -0.05) is 45.0 Å². The maximum absolute atomic E-state index is 9.82. The molecule has 1 unspecified atom stereocenters. The van der Waals surface area contributed by atoms with Crippen LogP contribution >= 0.6 is 0 Å². The minimum atomic E-state index is -0.313. The van der Waals surface area contributed by atoms with Crippen LogP contribution < -0.4 is 5.73 Å². The largest absolute Gasteiger partial charge is 0.445 e. The first-order valence-electron chi connectivity index (χ1n) is 10.7. The molecule has 2 N–H and O–H groups in total. The summed E-state index contributed by atoms with van der Waals surface area (Å²) in [5, 5.41) is 9.82. The Morgan fingerprint density at radius 2 is 1.77 bits per heavy atom. The number of aliphatic imine (C=N–C) groups is 1. The van der Waals surface area contributed by atoms with E-state index < -0.39 is 0 Å². The number of benzene rings is 1. The number of aromatic nitrogens is 2. The molecule has 0 saturated carbocycles. The zero-order chi connectivity index (χ0) is 23.0. The highest BCUT2D eigenvalue weighted by Crippen LogP contribution is 2.40. The Kier molecular flexibility index (Phi) is 8.51. The van der Waals surface area contributed by atoms with Crippen molar-refractivity contribution in [2.45, 2.75) is 59.9 Å². The Balaban J connectivity index is 0.00000166. The van der Waals surface area contributed by atoms with Crippen molar-refractivity contribution in [1.29, 1.82) is 5.26 Å². The molecule has 1 aromatic carbocycles. The van der Waals surface area contributed by atoms with Gasteiger partial charge in [0.15, 0.2) is 0 Å². The fourth-order valence-electron chi connectivity index (χ4n) is 3.57. The topological polar surface area (TPSA) is 97.2 Å². The predicted molar refractivity (Wildman–Crippen MR) is 125 cm³/mol. The number of hydrogen-bond acceptors (Lipinski definition) is 6. The summed E-state index contributed by atoms with van der Waals surface area (Å²) in [6.45, 7) is 12.0. The van der Waals surface area contributed by atoms with Crippen LogP contribution in [0.25, 0.3) is 11.1 Å². The summed E-state index contributed by atoms with van der Waals surface area (Å²) in [4.78, 5) is 12.9. The van der Waals surface area contributed by atoms with E-state index in [4.69, 9.17) is 15.5 Å². The Labute approximate surface area is 185 Å². The molecule has 1 aliphatic heterocycles. The normalized spacial score (nSPS) is 16.5. The van der Waals surface area contributed by atoms with Crippen molar-refractivity contribution in [3.8, 4) is 17.2 Å². The van der Waals surface area contributed by atoms with Gasteiger partial charge >= 0.3 is 0 Å². The quantitative estimate of drug-likeness (QED) is 0.647. The number of allylic oxidation sites excluding steroid dienone is 3. The summed E-state index contributed by atoms with van der Waals surface area (Å²) in [6.07, 6.45) is 5.79. The second kappa shape index (κ2) is 11.1. The SMILES string of the molecule is CC.CCC(=NC(C)C)C1=C(C)OC(N)=C(C#N)C1c1ccc(-c2cncnc2)cc1. The van der Waals surface area contributed by atoms with Gasteiger partial charge in [-0.15, -0.1) is 0 Å². The highest BCUT2D eigenvalue weighted by Gasteiger charge is 2.33. The highest BCUT2D eigenvalue weighted by atomic mass is 16.5. The lowest BCUT2D eigenvalue weighted by Crippen LogP contribution is -2.24. The first-order chi connectivity index (χ1) is 15.0. The van der Waals surface area contributed by atoms with Gasteiger partial charge in [-0.2, -0.15) is 5.26 Å². The van der Waals surface area contributed by atoms with Crippen LogP contribution in [0.2, 0.25) is 0 Å². The fourth-order valence-corrected chi connectivity index (χ4v) is 3.57. The molecule has 1 aliphatic rings. The van der Waals surface area contributed by atoms with E-state index in [1.807, 2.05) is 58.9 Å². The van der Waals surface area contributed by atoms with Crippen molar-refractivity contribution >= 4 is 5.71 Å². The van der Waals surface area contributed by atoms with Crippen LogP contribution in [0.15, 0.2) is 70.8 Å². The van der Waals surface area contributed by atoms with E-state index in [9.17, 15) is 5.26 Å². The predicted octanol–water partition coefficient (Wildman–Crippen LogP) is 5.51. The maximum Gasteiger partial charge on any atom is 0.205 e. The number of nitriles is 1. The molecule has 0 spiro atoms. The molecule has 0 amide bonds. The van der Waals surface area contributed by atoms with Gasteiger partial charge in [-0.25, -0.2) is 9.97 Å². The first kappa shape index (κ1) is 23.8. The van der Waals surface area contributed by atoms with E-state index in [0.717, 1.165) is 34.4 Å². The lowest BCUT2D eigenvalue weighted by Gasteiger charge is -2.29. The number of nitrogens with zero attached hydrogens (tertiary/aromatic N) is 4. The van der Waals surface area contributed by atoms with Crippen molar-refractivity contribution < 1.29 is 4.74 Å². The van der Waals surface area contributed by atoms with Crippen molar-refractivity contribution in [2.75, 3.05) is 0 Å². The minimum absolute atomic E-state index is 0.139. The van der Waals surface area contributed by atoms with Crippen molar-refractivity contribution in [1.82, 2.24) is 9.97 Å². The molecule has 1 aromatic heterocycles. The second-order valence-electron chi connectivity index (χ2n) is 7.17. The molecule has 0 radical (unpaired) electrons. The molecule has 2 aromatic rings. The van der Waals surface area contributed by atoms with Crippen LogP contribution in [-0.2, 0) is 4.74 Å². The number of rotatable bonds is 5. The zero-order valence-electron chi connectivity index (χ0n) is 19.2. The lowest BCUT2D eigenvalue weighted by molar-refractivity contribution is 0.283. The molecular formula is C25H31N5O. The number of ether oxygens (including phenoxy) is 1. The van der Waals surface area contributed by atoms with E-state index in [0.29, 0.717) is 11.3 Å². The standard InChI is InChI=1S/C23H25N5O.C2H6/c1-5-20(28-14(2)3)21-15(4)29-23(25)19(10-24)22(21)17-8-6-16(7-9-17)18-11-26-13-27-12-18;1-2/h6-9,11-14,22H,5,25H2,1-4H3;1-2H3. The molecule has 0 saturated heterocycles. The third-order valence-corrected chi connectivity index (χ3v) is 4.80. The molecule has 0 fully saturated rings. The molecule has 0 aliphatic carbocycles. The van der Waals surface area contributed by atoms with Crippen LogP contribution in [0.5, 0.6) is 0 Å². The Morgan fingerprint density at radius 1 is 1.16 bits per heavy atom. The smallest absolute Gasteiger partial charge is 0.205 e. The van der Waals surface area contributed by atoms with Gasteiger partial charge in [-0.05, 0) is 38.3 Å². The van der Waals surface area contributed by atoms with Crippen molar-refractivity contribution in [3.63, 3.8) is 0 Å². The van der Waals surface area contributed by atoms with Gasteiger partial charge in [0.05, 0.1) is 5.92 Å². The van der Waals surface area contributed by atoms with Gasteiger partial charge < -0.3 is 10.5 Å². The van der Waals surface area contributed by atoms with Gasteiger partial charge in [0.2, 0.25) is 5.88 Å². The summed E-state index contributed by atoms with van der Waals surface area (Å²) in [6, 6.07) is 10.4. The van der Waals surface area contributed by atoms with Crippen LogP contribution in [0.3, 0.4) is 0 Å². The Bertz CT molecular complexity index is 1010. The fraction of sp³-hybridized carbons (Fsp3) is 0.360. The molecule has 162 valence electrons. The minimum Gasteiger partial charge on any atom is -0.445 e. The van der Waals surface area contributed by atoms with Crippen molar-refractivity contribution in [2.24, 2.45) is 10.7 Å². The summed E-state index contributed by atoms with van der Waals surface area (Å²) in [5.74, 6) is 0.528. The molecule has 3 rings (SSSR count). The molecule has 6 nitrogen and oxygen atoms in total. The highest BCUT2D eigenvalue weighted by molar-refractivity contribution is 6.03. The van der Waals surface area contributed by atoms with Crippen LogP contribution in [0, 0.1) is 11.3 Å². The average Bonchev–Trinajstić information content (AvgIpc) is 2.79. The number of nitrogens with two attached hydrogens (primary N) is 1. The Hall–Kier alpha value is -3.46. The van der Waals surface area contributed by atoms with E-state index in [1.165, 1.54) is 6.33 Å². The van der Waals surface area contributed by atoms with E-state index in [1.54, 1.807) is 12.4 Å². The molecule has 0 bridgehead atoms. The van der Waals surface area contributed by atoms with Crippen LogP contribution in [0.4, 0.5) is 0 Å². The number of hydrogen-bond donors (Lipinski definition) is 1. The second-order valence-corrected chi connectivity index (χ2v) is 7.17. The van der Waals surface area contributed by atoms with E-state index in [-0.39, 0.29) is 17.8 Å². The van der Waals surface area contributed by atoms with Gasteiger partial charge in [-0.3, -0.25) is 4.99 Å². The maximum atomic E-state index is 9.82. The molecule has 6 heteroatoms. The summed E-state index contributed by atoms with van der Waals surface area (Å²) >= 11 is 0.